The molecule has 0 amide bonds. The van der Waals surface area contributed by atoms with Crippen molar-refractivity contribution in [2.75, 3.05) is 0 Å². The number of Topliss-reactive ketones (excluding diaryl/α,β-unsaturated/α-hetero) is 1. The van der Waals surface area contributed by atoms with Gasteiger partial charge in [0.2, 0.25) is 0 Å². The lowest BCUT2D eigenvalue weighted by Gasteiger charge is -2.36. The molecule has 1 aliphatic heterocycles. The smallest absolute Gasteiger partial charge is 0.318 e. The monoisotopic (exact) mass is 286 g/mol. The summed E-state index contributed by atoms with van der Waals surface area (Å²) in [5.41, 5.74) is 0. The van der Waals surface area contributed by atoms with Crippen LogP contribution in [-0.4, -0.2) is 17.7 Å². The number of hydrogen-bond acceptors (Lipinski definition) is 4. The molecule has 0 aromatic carbocycles. The summed E-state index contributed by atoms with van der Waals surface area (Å²) in [6.45, 7) is 0. The van der Waals surface area contributed by atoms with Gasteiger partial charge in [0.1, 0.15) is 5.78 Å². The van der Waals surface area contributed by atoms with Crippen molar-refractivity contribution >= 4 is 17.7 Å². The molecule has 0 radical (unpaired) electrons. The molecule has 21 heavy (non-hydrogen) atoms. The second-order valence-electron chi connectivity index (χ2n) is 7.38. The van der Waals surface area contributed by atoms with Crippen LogP contribution in [0, 0.1) is 47.3 Å². The van der Waals surface area contributed by atoms with Gasteiger partial charge in [-0.1, -0.05) is 18.6 Å². The SMILES string of the molecule is O=C1CCCCC1C1C2C3C=CC(C4C(=O)OC(=O)C34)C12. The Bertz CT molecular complexity index is 556. The molecule has 110 valence electrons. The minimum absolute atomic E-state index is 0.128. The number of rotatable bonds is 1. The summed E-state index contributed by atoms with van der Waals surface area (Å²) in [7, 11) is 0. The van der Waals surface area contributed by atoms with Crippen molar-refractivity contribution in [2.24, 2.45) is 47.3 Å². The fourth-order valence-electron chi connectivity index (χ4n) is 5.92. The predicted octanol–water partition coefficient (Wildman–Crippen LogP) is 1.74. The van der Waals surface area contributed by atoms with Crippen molar-refractivity contribution < 1.29 is 19.1 Å². The van der Waals surface area contributed by atoms with Gasteiger partial charge in [-0.3, -0.25) is 14.4 Å². The topological polar surface area (TPSA) is 60.4 Å². The van der Waals surface area contributed by atoms with E-state index >= 15 is 0 Å². The van der Waals surface area contributed by atoms with Crippen LogP contribution in [-0.2, 0) is 19.1 Å². The predicted molar refractivity (Wildman–Crippen MR) is 71.6 cm³/mol. The van der Waals surface area contributed by atoms with Crippen LogP contribution in [0.4, 0.5) is 0 Å². The zero-order valence-corrected chi connectivity index (χ0v) is 11.7. The van der Waals surface area contributed by atoms with E-state index in [1.54, 1.807) is 0 Å². The highest BCUT2D eigenvalue weighted by molar-refractivity contribution is 5.98. The lowest BCUT2D eigenvalue weighted by atomic mass is 9.63. The van der Waals surface area contributed by atoms with Gasteiger partial charge >= 0.3 is 11.9 Å². The van der Waals surface area contributed by atoms with E-state index in [2.05, 4.69) is 12.2 Å². The van der Waals surface area contributed by atoms with E-state index in [9.17, 15) is 14.4 Å². The molecule has 4 heteroatoms. The van der Waals surface area contributed by atoms with E-state index in [-0.39, 0.29) is 41.5 Å². The quantitative estimate of drug-likeness (QED) is 0.418. The van der Waals surface area contributed by atoms with E-state index in [0.717, 1.165) is 25.7 Å². The molecule has 5 aliphatic carbocycles. The van der Waals surface area contributed by atoms with E-state index in [4.69, 9.17) is 4.74 Å². The maximum absolute atomic E-state index is 12.2. The molecule has 2 bridgehead atoms. The van der Waals surface area contributed by atoms with Crippen LogP contribution in [0.3, 0.4) is 0 Å². The molecule has 6 aliphatic rings. The third-order valence-electron chi connectivity index (χ3n) is 6.67. The second kappa shape index (κ2) is 3.84. The van der Waals surface area contributed by atoms with E-state index < -0.39 is 0 Å². The van der Waals surface area contributed by atoms with Gasteiger partial charge in [-0.15, -0.1) is 0 Å². The van der Waals surface area contributed by atoms with Crippen LogP contribution in [0.2, 0.25) is 0 Å². The molecular formula is C17H18O4. The summed E-state index contributed by atoms with van der Waals surface area (Å²) in [4.78, 5) is 36.2. The highest BCUT2D eigenvalue weighted by Crippen LogP contribution is 2.71. The van der Waals surface area contributed by atoms with Gasteiger partial charge in [0, 0.05) is 12.3 Å². The molecule has 0 aromatic rings. The van der Waals surface area contributed by atoms with E-state index in [1.807, 2.05) is 0 Å². The summed E-state index contributed by atoms with van der Waals surface area (Å²) < 4.78 is 4.88. The summed E-state index contributed by atoms with van der Waals surface area (Å²) in [6.07, 6.45) is 8.14. The number of allylic oxidation sites excluding steroid dienone is 2. The van der Waals surface area contributed by atoms with Crippen molar-refractivity contribution in [1.82, 2.24) is 0 Å². The highest BCUT2D eigenvalue weighted by atomic mass is 16.6. The van der Waals surface area contributed by atoms with Crippen LogP contribution in [0.5, 0.6) is 0 Å². The van der Waals surface area contributed by atoms with Crippen LogP contribution >= 0.6 is 0 Å². The zero-order chi connectivity index (χ0) is 14.3. The first-order valence-electron chi connectivity index (χ1n) is 8.15. The molecule has 7 unspecified atom stereocenters. The number of esters is 2. The molecule has 6 rings (SSSR count). The Morgan fingerprint density at radius 2 is 1.48 bits per heavy atom. The Morgan fingerprint density at radius 3 is 2.05 bits per heavy atom. The summed E-state index contributed by atoms with van der Waals surface area (Å²) in [5.74, 6) is 0.948. The van der Waals surface area contributed by atoms with Crippen LogP contribution < -0.4 is 0 Å². The first-order valence-corrected chi connectivity index (χ1v) is 8.15. The average Bonchev–Trinajstić information content (AvgIpc) is 3.17. The second-order valence-corrected chi connectivity index (χ2v) is 7.38. The minimum atomic E-state index is -0.330. The third kappa shape index (κ3) is 1.39. The maximum Gasteiger partial charge on any atom is 0.318 e. The molecule has 0 N–H and O–H groups in total. The average molecular weight is 286 g/mol. The summed E-state index contributed by atoms with van der Waals surface area (Å²) in [5, 5.41) is 0. The Balaban J connectivity index is 1.49. The Hall–Kier alpha value is -1.45. The number of carbonyl (C=O) groups excluding carboxylic acids is 3. The molecule has 0 aromatic heterocycles. The molecule has 4 fully saturated rings. The van der Waals surface area contributed by atoms with Crippen molar-refractivity contribution in [3.8, 4) is 0 Å². The Morgan fingerprint density at radius 1 is 0.857 bits per heavy atom. The van der Waals surface area contributed by atoms with Gasteiger partial charge in [0.05, 0.1) is 11.8 Å². The standard InChI is InChI=1S/C17H18O4/c18-10-4-2-1-3-7(10)11-12-8-5-6-9(13(11)12)15-14(8)16(19)21-17(15)20/h5-9,11-15H,1-4H2. The number of hydrogen-bond donors (Lipinski definition) is 0. The minimum Gasteiger partial charge on any atom is -0.393 e. The van der Waals surface area contributed by atoms with Crippen LogP contribution in [0.25, 0.3) is 0 Å². The summed E-state index contributed by atoms with van der Waals surface area (Å²) >= 11 is 0. The third-order valence-corrected chi connectivity index (χ3v) is 6.67. The lowest BCUT2D eigenvalue weighted by molar-refractivity contribution is -0.154. The van der Waals surface area contributed by atoms with Crippen LogP contribution in [0.15, 0.2) is 12.2 Å². The molecule has 1 heterocycles. The van der Waals surface area contributed by atoms with E-state index in [0.29, 0.717) is 23.5 Å². The molecular weight excluding hydrogens is 268 g/mol. The molecule has 4 nitrogen and oxygen atoms in total. The van der Waals surface area contributed by atoms with Gasteiger partial charge < -0.3 is 4.74 Å². The van der Waals surface area contributed by atoms with Gasteiger partial charge in [-0.25, -0.2) is 0 Å². The molecule has 3 saturated carbocycles. The normalized spacial score (nSPS) is 53.4. The van der Waals surface area contributed by atoms with Gasteiger partial charge in [0.25, 0.3) is 0 Å². The van der Waals surface area contributed by atoms with Crippen molar-refractivity contribution in [2.45, 2.75) is 25.7 Å². The Labute approximate surface area is 122 Å². The van der Waals surface area contributed by atoms with E-state index in [1.165, 1.54) is 0 Å². The molecule has 7 atom stereocenters. The Kier molecular flexibility index (Phi) is 2.22. The summed E-state index contributed by atoms with van der Waals surface area (Å²) in [6, 6.07) is 0. The van der Waals surface area contributed by atoms with Crippen molar-refractivity contribution in [1.29, 1.82) is 0 Å². The van der Waals surface area contributed by atoms with Crippen molar-refractivity contribution in [3.05, 3.63) is 12.2 Å². The zero-order valence-electron chi connectivity index (χ0n) is 11.7. The number of ether oxygens (including phenoxy) is 1. The largest absolute Gasteiger partial charge is 0.393 e. The van der Waals surface area contributed by atoms with Gasteiger partial charge in [0.15, 0.2) is 0 Å². The first-order chi connectivity index (χ1) is 10.2. The fourth-order valence-corrected chi connectivity index (χ4v) is 5.92. The number of carbonyl (C=O) groups is 3. The number of ketones is 1. The molecule has 1 saturated heterocycles. The van der Waals surface area contributed by atoms with Gasteiger partial charge in [-0.2, -0.15) is 0 Å². The first kappa shape index (κ1) is 12.1. The molecule has 0 spiro atoms. The van der Waals surface area contributed by atoms with Gasteiger partial charge in [-0.05, 0) is 42.4 Å². The maximum atomic E-state index is 12.2. The highest BCUT2D eigenvalue weighted by Gasteiger charge is 2.72. The van der Waals surface area contributed by atoms with Crippen LogP contribution in [0.1, 0.15) is 25.7 Å². The number of cyclic esters (lactones) is 2. The lowest BCUT2D eigenvalue weighted by Crippen LogP contribution is -2.40. The van der Waals surface area contributed by atoms with Crippen molar-refractivity contribution in [3.63, 3.8) is 0 Å². The fraction of sp³-hybridized carbons (Fsp3) is 0.706.